The van der Waals surface area contributed by atoms with Crippen LogP contribution < -0.4 is 11.1 Å². The van der Waals surface area contributed by atoms with E-state index in [4.69, 9.17) is 5.73 Å². The molecule has 1 atom stereocenters. The summed E-state index contributed by atoms with van der Waals surface area (Å²) in [6.07, 6.45) is 0.639. The third-order valence-electron chi connectivity index (χ3n) is 2.51. The van der Waals surface area contributed by atoms with Crippen molar-refractivity contribution in [2.24, 2.45) is 11.7 Å². The molecule has 1 amide bonds. The first-order valence-electron chi connectivity index (χ1n) is 5.87. The van der Waals surface area contributed by atoms with Crippen molar-refractivity contribution in [2.45, 2.75) is 32.9 Å². The van der Waals surface area contributed by atoms with E-state index >= 15 is 0 Å². The third kappa shape index (κ3) is 6.36. The van der Waals surface area contributed by atoms with Gasteiger partial charge in [-0.05, 0) is 46.0 Å². The Labute approximate surface area is 127 Å². The molecule has 0 saturated carbocycles. The van der Waals surface area contributed by atoms with Gasteiger partial charge in [-0.3, -0.25) is 4.79 Å². The van der Waals surface area contributed by atoms with Crippen molar-refractivity contribution in [2.75, 3.05) is 0 Å². The van der Waals surface area contributed by atoms with Crippen LogP contribution in [-0.4, -0.2) is 11.9 Å². The van der Waals surface area contributed by atoms with Gasteiger partial charge in [0.2, 0.25) is 5.91 Å². The second kappa shape index (κ2) is 8.51. The summed E-state index contributed by atoms with van der Waals surface area (Å²) in [5.74, 6) is -0.170. The average Bonchev–Trinajstić information content (AvgIpc) is 2.29. The Bertz CT molecular complexity index is 429. The third-order valence-corrected chi connectivity index (χ3v) is 3.16. The predicted octanol–water partition coefficient (Wildman–Crippen LogP) is 3.00. The summed E-state index contributed by atoms with van der Waals surface area (Å²) in [6.45, 7) is 4.31. The molecule has 0 fully saturated rings. The fourth-order valence-corrected chi connectivity index (χ4v) is 1.83. The number of carbonyl (C=O) groups is 1. The van der Waals surface area contributed by atoms with Crippen LogP contribution in [0.3, 0.4) is 0 Å². The molecule has 3 nitrogen and oxygen atoms in total. The summed E-state index contributed by atoms with van der Waals surface area (Å²) in [4.78, 5) is 11.7. The van der Waals surface area contributed by atoms with Crippen LogP contribution in [0.4, 0.5) is 4.39 Å². The smallest absolute Gasteiger partial charge is 0.237 e. The molecule has 0 spiro atoms. The number of halogens is 3. The Morgan fingerprint density at radius 3 is 2.63 bits per heavy atom. The summed E-state index contributed by atoms with van der Waals surface area (Å²) >= 11 is 3.08. The van der Waals surface area contributed by atoms with Gasteiger partial charge in [-0.2, -0.15) is 0 Å². The van der Waals surface area contributed by atoms with Crippen LogP contribution in [0.5, 0.6) is 0 Å². The molecule has 108 valence electrons. The van der Waals surface area contributed by atoms with Crippen molar-refractivity contribution in [3.63, 3.8) is 0 Å². The molecule has 0 aliphatic carbocycles. The summed E-state index contributed by atoms with van der Waals surface area (Å²) in [7, 11) is 0. The van der Waals surface area contributed by atoms with E-state index in [1.807, 2.05) is 13.8 Å². The van der Waals surface area contributed by atoms with Crippen LogP contribution in [0.2, 0.25) is 0 Å². The first kappa shape index (κ1) is 18.4. The maximum atomic E-state index is 13.2. The number of hydrogen-bond donors (Lipinski definition) is 2. The van der Waals surface area contributed by atoms with Gasteiger partial charge in [0.05, 0.1) is 10.5 Å². The van der Waals surface area contributed by atoms with E-state index in [0.717, 1.165) is 0 Å². The van der Waals surface area contributed by atoms with Crippen LogP contribution in [0.1, 0.15) is 25.8 Å². The molecule has 0 aliphatic heterocycles. The van der Waals surface area contributed by atoms with Gasteiger partial charge >= 0.3 is 0 Å². The number of nitrogens with two attached hydrogens (primary N) is 1. The summed E-state index contributed by atoms with van der Waals surface area (Å²) in [6, 6.07) is 4.25. The average molecular weight is 354 g/mol. The van der Waals surface area contributed by atoms with Crippen LogP contribution >= 0.6 is 28.3 Å². The molecule has 0 radical (unpaired) electrons. The van der Waals surface area contributed by atoms with Gasteiger partial charge in [0.15, 0.2) is 0 Å². The van der Waals surface area contributed by atoms with Crippen LogP contribution in [0, 0.1) is 11.7 Å². The van der Waals surface area contributed by atoms with Gasteiger partial charge in [-0.15, -0.1) is 12.4 Å². The first-order chi connectivity index (χ1) is 8.40. The lowest BCUT2D eigenvalue weighted by atomic mass is 10.0. The van der Waals surface area contributed by atoms with Gasteiger partial charge in [-0.25, -0.2) is 4.39 Å². The molecular weight excluding hydrogens is 335 g/mol. The lowest BCUT2D eigenvalue weighted by molar-refractivity contribution is -0.122. The van der Waals surface area contributed by atoms with Crippen molar-refractivity contribution in [1.29, 1.82) is 0 Å². The van der Waals surface area contributed by atoms with Gasteiger partial charge in [0, 0.05) is 6.54 Å². The number of hydrogen-bond acceptors (Lipinski definition) is 2. The molecule has 1 aromatic carbocycles. The quantitative estimate of drug-likeness (QED) is 0.855. The minimum Gasteiger partial charge on any atom is -0.351 e. The fourth-order valence-electron chi connectivity index (χ4n) is 1.58. The van der Waals surface area contributed by atoms with E-state index in [0.29, 0.717) is 22.4 Å². The number of nitrogens with one attached hydrogen (secondary N) is 1. The van der Waals surface area contributed by atoms with Crippen molar-refractivity contribution < 1.29 is 9.18 Å². The van der Waals surface area contributed by atoms with Crippen LogP contribution in [-0.2, 0) is 11.3 Å². The molecule has 0 bridgehead atoms. The second-order valence-corrected chi connectivity index (χ2v) is 5.56. The zero-order valence-electron chi connectivity index (χ0n) is 11.0. The van der Waals surface area contributed by atoms with Gasteiger partial charge in [-0.1, -0.05) is 19.9 Å². The van der Waals surface area contributed by atoms with Crippen molar-refractivity contribution in [3.05, 3.63) is 34.1 Å². The topological polar surface area (TPSA) is 55.1 Å². The first-order valence-corrected chi connectivity index (χ1v) is 6.66. The molecule has 3 N–H and O–H groups in total. The zero-order valence-corrected chi connectivity index (χ0v) is 13.4. The monoisotopic (exact) mass is 352 g/mol. The molecule has 0 aromatic heterocycles. The standard InChI is InChI=1S/C13H18BrFN2O.ClH/c1-8(2)5-12(16)13(18)17-7-9-3-4-10(14)11(15)6-9;/h3-4,6,8,12H,5,7,16H2,1-2H3,(H,17,18);1H/t12-;/m0./s1. The lowest BCUT2D eigenvalue weighted by Gasteiger charge is -2.14. The Morgan fingerprint density at radius 1 is 1.47 bits per heavy atom. The Balaban J connectivity index is 0.00000324. The largest absolute Gasteiger partial charge is 0.351 e. The van der Waals surface area contributed by atoms with E-state index in [-0.39, 0.29) is 30.7 Å². The Hall–Kier alpha value is -0.650. The van der Waals surface area contributed by atoms with E-state index in [1.165, 1.54) is 6.07 Å². The lowest BCUT2D eigenvalue weighted by Crippen LogP contribution is -2.41. The van der Waals surface area contributed by atoms with Crippen molar-refractivity contribution in [1.82, 2.24) is 5.32 Å². The Kier molecular flexibility index (Phi) is 8.22. The van der Waals surface area contributed by atoms with E-state index in [2.05, 4.69) is 21.2 Å². The molecule has 1 aromatic rings. The highest BCUT2D eigenvalue weighted by molar-refractivity contribution is 9.10. The minimum absolute atomic E-state index is 0. The zero-order chi connectivity index (χ0) is 13.7. The van der Waals surface area contributed by atoms with Gasteiger partial charge < -0.3 is 11.1 Å². The Morgan fingerprint density at radius 2 is 2.11 bits per heavy atom. The van der Waals surface area contributed by atoms with Crippen LogP contribution in [0.25, 0.3) is 0 Å². The van der Waals surface area contributed by atoms with Crippen LogP contribution in [0.15, 0.2) is 22.7 Å². The molecule has 6 heteroatoms. The van der Waals surface area contributed by atoms with Gasteiger partial charge in [0.25, 0.3) is 0 Å². The maximum Gasteiger partial charge on any atom is 0.237 e. The highest BCUT2D eigenvalue weighted by atomic mass is 79.9. The molecule has 0 unspecified atom stereocenters. The molecular formula is C13H19BrClFN2O. The number of carbonyl (C=O) groups excluding carboxylic acids is 1. The van der Waals surface area contributed by atoms with Crippen molar-refractivity contribution >= 4 is 34.2 Å². The molecule has 0 aliphatic rings. The fraction of sp³-hybridized carbons (Fsp3) is 0.462. The molecule has 0 saturated heterocycles. The maximum absolute atomic E-state index is 13.2. The summed E-state index contributed by atoms with van der Waals surface area (Å²) in [5, 5.41) is 2.70. The van der Waals surface area contributed by atoms with E-state index in [9.17, 15) is 9.18 Å². The number of rotatable bonds is 5. The molecule has 1 rings (SSSR count). The van der Waals surface area contributed by atoms with E-state index < -0.39 is 6.04 Å². The minimum atomic E-state index is -0.509. The normalized spacial score (nSPS) is 11.9. The SMILES string of the molecule is CC(C)C[C@H](N)C(=O)NCc1ccc(Br)c(F)c1.Cl. The number of benzene rings is 1. The highest BCUT2D eigenvalue weighted by Crippen LogP contribution is 2.16. The summed E-state index contributed by atoms with van der Waals surface area (Å²) < 4.78 is 13.7. The molecule has 19 heavy (non-hydrogen) atoms. The molecule has 0 heterocycles. The highest BCUT2D eigenvalue weighted by Gasteiger charge is 2.14. The van der Waals surface area contributed by atoms with Crippen molar-refractivity contribution in [3.8, 4) is 0 Å². The second-order valence-electron chi connectivity index (χ2n) is 4.70. The number of amides is 1. The summed E-state index contributed by atoms with van der Waals surface area (Å²) in [5.41, 5.74) is 6.45. The predicted molar refractivity (Wildman–Crippen MR) is 80.6 cm³/mol. The van der Waals surface area contributed by atoms with E-state index in [1.54, 1.807) is 12.1 Å². The van der Waals surface area contributed by atoms with Gasteiger partial charge in [0.1, 0.15) is 5.82 Å².